The van der Waals surface area contributed by atoms with E-state index in [1.54, 1.807) is 0 Å². The summed E-state index contributed by atoms with van der Waals surface area (Å²) in [6.07, 6.45) is 0. The Morgan fingerprint density at radius 3 is 1.35 bits per heavy atom. The first-order valence-corrected chi connectivity index (χ1v) is 18.0. The summed E-state index contributed by atoms with van der Waals surface area (Å²) in [4.78, 5) is 15.1. The minimum atomic E-state index is 0.539. The van der Waals surface area contributed by atoms with Crippen LogP contribution >= 0.6 is 0 Å². The van der Waals surface area contributed by atoms with Crippen LogP contribution in [0.25, 0.3) is 101 Å². The molecule has 1 heterocycles. The number of hydrogen-bond donors (Lipinski definition) is 0. The van der Waals surface area contributed by atoms with E-state index >= 15 is 0 Å². The van der Waals surface area contributed by atoms with E-state index in [2.05, 4.69) is 97.1 Å². The average molecular weight is 687 g/mol. The molecule has 0 amide bonds. The van der Waals surface area contributed by atoms with Crippen molar-refractivity contribution in [2.75, 3.05) is 0 Å². The third-order valence-corrected chi connectivity index (χ3v) is 10.4. The zero-order valence-electron chi connectivity index (χ0n) is 29.1. The van der Waals surface area contributed by atoms with Crippen LogP contribution in [0.3, 0.4) is 0 Å². The summed E-state index contributed by atoms with van der Waals surface area (Å²) < 4.78 is 0. The summed E-state index contributed by atoms with van der Waals surface area (Å²) in [6.45, 7) is 0. The van der Waals surface area contributed by atoms with Crippen molar-refractivity contribution in [3.8, 4) is 95.9 Å². The molecule has 1 aromatic heterocycles. The van der Waals surface area contributed by atoms with Crippen LogP contribution in [0.2, 0.25) is 0 Å². The summed E-state index contributed by atoms with van der Waals surface area (Å²) in [7, 11) is 0. The van der Waals surface area contributed by atoms with E-state index in [4.69, 9.17) is 15.0 Å². The molecule has 4 heteroatoms. The van der Waals surface area contributed by atoms with E-state index in [1.807, 2.05) is 91.0 Å². The van der Waals surface area contributed by atoms with Crippen molar-refractivity contribution in [3.05, 3.63) is 188 Å². The Morgan fingerprint density at radius 2 is 0.741 bits per heavy atom. The molecule has 9 aromatic rings. The van der Waals surface area contributed by atoms with E-state index < -0.39 is 0 Å². The third-order valence-electron chi connectivity index (χ3n) is 10.4. The van der Waals surface area contributed by atoms with Crippen molar-refractivity contribution in [2.24, 2.45) is 0 Å². The number of nitriles is 1. The van der Waals surface area contributed by atoms with Crippen LogP contribution in [-0.4, -0.2) is 15.0 Å². The third kappa shape index (κ3) is 5.10. The molecule has 54 heavy (non-hydrogen) atoms. The highest BCUT2D eigenvalue weighted by atomic mass is 15.0. The van der Waals surface area contributed by atoms with E-state index in [9.17, 15) is 5.26 Å². The number of hydrogen-bond acceptors (Lipinski definition) is 4. The molecule has 0 aliphatic heterocycles. The van der Waals surface area contributed by atoms with Crippen molar-refractivity contribution in [1.29, 1.82) is 5.26 Å². The van der Waals surface area contributed by atoms with Crippen molar-refractivity contribution in [3.63, 3.8) is 0 Å². The Bertz CT molecular complexity index is 2860. The van der Waals surface area contributed by atoms with Crippen molar-refractivity contribution >= 4 is 10.8 Å². The molecular weight excluding hydrogens is 657 g/mol. The summed E-state index contributed by atoms with van der Waals surface area (Å²) in [5, 5.41) is 13.2. The van der Waals surface area contributed by atoms with Crippen LogP contribution in [-0.2, 0) is 0 Å². The SMILES string of the molecule is N#Cc1cccc(-c2ccccc2-c2ccc3c4c(cccc24)-c2ccccc2-3)c1-c1ccccc1-c1nc(-c2ccccc2)nc(-c2ccccc2)n1. The lowest BCUT2D eigenvalue weighted by Crippen LogP contribution is -2.02. The quantitative estimate of drug-likeness (QED) is 0.175. The predicted octanol–water partition coefficient (Wildman–Crippen LogP) is 12.5. The summed E-state index contributed by atoms with van der Waals surface area (Å²) in [5.74, 6) is 1.71. The molecule has 1 aliphatic rings. The van der Waals surface area contributed by atoms with Gasteiger partial charge in [0.15, 0.2) is 17.5 Å². The lowest BCUT2D eigenvalue weighted by atomic mass is 9.84. The number of fused-ring (bicyclic) bond motifs is 3. The van der Waals surface area contributed by atoms with Gasteiger partial charge in [0.1, 0.15) is 0 Å². The predicted molar refractivity (Wildman–Crippen MR) is 219 cm³/mol. The molecule has 0 atom stereocenters. The molecule has 4 nitrogen and oxygen atoms in total. The van der Waals surface area contributed by atoms with Gasteiger partial charge in [0.25, 0.3) is 0 Å². The minimum Gasteiger partial charge on any atom is -0.208 e. The van der Waals surface area contributed by atoms with E-state index in [1.165, 1.54) is 33.0 Å². The van der Waals surface area contributed by atoms with Gasteiger partial charge in [0.2, 0.25) is 0 Å². The molecule has 0 radical (unpaired) electrons. The highest BCUT2D eigenvalue weighted by molar-refractivity contribution is 6.19. The zero-order chi connectivity index (χ0) is 36.0. The van der Waals surface area contributed by atoms with Gasteiger partial charge in [-0.15, -0.1) is 0 Å². The first-order valence-electron chi connectivity index (χ1n) is 18.0. The Balaban J connectivity index is 1.19. The van der Waals surface area contributed by atoms with Crippen molar-refractivity contribution in [2.45, 2.75) is 0 Å². The lowest BCUT2D eigenvalue weighted by Gasteiger charge is -2.19. The zero-order valence-corrected chi connectivity index (χ0v) is 29.1. The molecule has 0 saturated carbocycles. The van der Waals surface area contributed by atoms with Gasteiger partial charge in [0.05, 0.1) is 11.6 Å². The molecule has 0 saturated heterocycles. The average Bonchev–Trinajstić information content (AvgIpc) is 3.58. The van der Waals surface area contributed by atoms with Gasteiger partial charge in [0, 0.05) is 22.3 Å². The molecule has 0 fully saturated rings. The van der Waals surface area contributed by atoms with Crippen LogP contribution in [0, 0.1) is 11.3 Å². The van der Waals surface area contributed by atoms with Crippen LogP contribution < -0.4 is 0 Å². The highest BCUT2D eigenvalue weighted by Gasteiger charge is 2.25. The fourth-order valence-corrected chi connectivity index (χ4v) is 7.98. The molecular formula is C50H30N4. The monoisotopic (exact) mass is 686 g/mol. The molecule has 0 N–H and O–H groups in total. The molecule has 1 aliphatic carbocycles. The normalized spacial score (nSPS) is 11.3. The van der Waals surface area contributed by atoms with Gasteiger partial charge in [-0.3, -0.25) is 0 Å². The topological polar surface area (TPSA) is 62.5 Å². The van der Waals surface area contributed by atoms with Gasteiger partial charge in [-0.25, -0.2) is 15.0 Å². The van der Waals surface area contributed by atoms with Gasteiger partial charge in [-0.05, 0) is 66.9 Å². The molecule has 250 valence electrons. The smallest absolute Gasteiger partial charge is 0.164 e. The maximum atomic E-state index is 10.7. The molecule has 0 spiro atoms. The second-order valence-electron chi connectivity index (χ2n) is 13.4. The fourth-order valence-electron chi connectivity index (χ4n) is 7.98. The first kappa shape index (κ1) is 31.3. The maximum Gasteiger partial charge on any atom is 0.164 e. The number of rotatable bonds is 6. The highest BCUT2D eigenvalue weighted by Crippen LogP contribution is 2.51. The fraction of sp³-hybridized carbons (Fsp3) is 0. The van der Waals surface area contributed by atoms with E-state index in [-0.39, 0.29) is 0 Å². The lowest BCUT2D eigenvalue weighted by molar-refractivity contribution is 1.07. The van der Waals surface area contributed by atoms with Crippen LogP contribution in [0.4, 0.5) is 0 Å². The number of benzene rings is 8. The van der Waals surface area contributed by atoms with Gasteiger partial charge >= 0.3 is 0 Å². The second kappa shape index (κ2) is 12.9. The Morgan fingerprint density at radius 1 is 0.315 bits per heavy atom. The standard InChI is InChI=1S/C50H30N4/c51-31-34-19-13-26-40(36-21-8-7-20-35(36)39-29-30-44-38-23-10-9-22-37(38)41-27-14-28-42(39)47(41)44)46(34)43-24-11-12-25-45(43)50-53-48(32-15-3-1-4-16-32)52-49(54-50)33-17-5-2-6-18-33/h1-30H. The van der Waals surface area contributed by atoms with Gasteiger partial charge in [-0.2, -0.15) is 5.26 Å². The van der Waals surface area contributed by atoms with Crippen LogP contribution in [0.5, 0.6) is 0 Å². The molecule has 8 aromatic carbocycles. The van der Waals surface area contributed by atoms with E-state index in [0.29, 0.717) is 23.0 Å². The van der Waals surface area contributed by atoms with Gasteiger partial charge < -0.3 is 0 Å². The molecule has 10 rings (SSSR count). The Hall–Kier alpha value is -7.48. The largest absolute Gasteiger partial charge is 0.208 e. The van der Waals surface area contributed by atoms with Crippen molar-refractivity contribution in [1.82, 2.24) is 15.0 Å². The van der Waals surface area contributed by atoms with Crippen molar-refractivity contribution < 1.29 is 0 Å². The minimum absolute atomic E-state index is 0.539. The van der Waals surface area contributed by atoms with Gasteiger partial charge in [-0.1, -0.05) is 176 Å². The second-order valence-corrected chi connectivity index (χ2v) is 13.4. The van der Waals surface area contributed by atoms with Crippen LogP contribution in [0.15, 0.2) is 182 Å². The Kier molecular flexibility index (Phi) is 7.49. The number of nitrogens with zero attached hydrogens (tertiary/aromatic N) is 4. The van der Waals surface area contributed by atoms with Crippen LogP contribution in [0.1, 0.15) is 5.56 Å². The maximum absolute atomic E-state index is 10.7. The van der Waals surface area contributed by atoms with E-state index in [0.717, 1.165) is 50.1 Å². The summed E-state index contributed by atoms with van der Waals surface area (Å²) in [6, 6.07) is 65.0. The number of aromatic nitrogens is 3. The summed E-state index contributed by atoms with van der Waals surface area (Å²) >= 11 is 0. The summed E-state index contributed by atoms with van der Waals surface area (Å²) in [5.41, 5.74) is 14.2. The Labute approximate surface area is 313 Å². The first-order chi connectivity index (χ1) is 26.8. The molecule has 0 unspecified atom stereocenters. The molecule has 0 bridgehead atoms.